The molecule has 3 rings (SSSR count). The minimum atomic E-state index is -0.304. The maximum absolute atomic E-state index is 12.3. The van der Waals surface area contributed by atoms with Crippen molar-refractivity contribution in [2.75, 3.05) is 11.4 Å². The topological polar surface area (TPSA) is 46.3 Å². The molecule has 1 unspecified atom stereocenters. The molecule has 0 saturated carbocycles. The first-order valence-corrected chi connectivity index (χ1v) is 11.4. The third-order valence-corrected chi connectivity index (χ3v) is 7.82. The van der Waals surface area contributed by atoms with Crippen molar-refractivity contribution in [3.8, 4) is 0 Å². The number of carbonyl (C=O) groups excluding carboxylic acids is 1. The van der Waals surface area contributed by atoms with Gasteiger partial charge in [-0.3, -0.25) is 4.79 Å². The Morgan fingerprint density at radius 2 is 1.79 bits per heavy atom. The fourth-order valence-electron chi connectivity index (χ4n) is 4.71. The van der Waals surface area contributed by atoms with E-state index in [-0.39, 0.29) is 22.7 Å². The second kappa shape index (κ2) is 7.63. The van der Waals surface area contributed by atoms with E-state index < -0.39 is 0 Å². The number of benzene rings is 1. The molecule has 0 fully saturated rings. The van der Waals surface area contributed by atoms with Gasteiger partial charge in [-0.15, -0.1) is 11.3 Å². The summed E-state index contributed by atoms with van der Waals surface area (Å²) in [6.07, 6.45) is 1.07. The molecule has 29 heavy (non-hydrogen) atoms. The Kier molecular flexibility index (Phi) is 5.83. The van der Waals surface area contributed by atoms with Gasteiger partial charge in [0.2, 0.25) is 5.91 Å². The first kappa shape index (κ1) is 22.2. The van der Waals surface area contributed by atoms with E-state index in [4.69, 9.17) is 17.3 Å². The Hall–Kier alpha value is -1.52. The van der Waals surface area contributed by atoms with E-state index in [0.29, 0.717) is 0 Å². The third-order valence-electron chi connectivity index (χ3n) is 6.14. The number of hydrogen-bond donors (Lipinski definition) is 1. The Labute approximate surface area is 184 Å². The van der Waals surface area contributed by atoms with Gasteiger partial charge in [-0.2, -0.15) is 0 Å². The van der Waals surface area contributed by atoms with E-state index in [1.54, 1.807) is 11.3 Å². The molecule has 1 aromatic heterocycles. The molecule has 0 radical (unpaired) electrons. The Balaban J connectivity index is 2.02. The number of carbonyl (C=O) groups is 1. The number of halogens is 1. The lowest BCUT2D eigenvalue weighted by Gasteiger charge is -2.32. The van der Waals surface area contributed by atoms with Crippen LogP contribution in [0.5, 0.6) is 0 Å². The first-order chi connectivity index (χ1) is 13.3. The number of thiophene rings is 1. The smallest absolute Gasteiger partial charge is 0.225 e. The highest BCUT2D eigenvalue weighted by Gasteiger charge is 2.34. The highest BCUT2D eigenvalue weighted by molar-refractivity contribution is 7.16. The number of primary amides is 1. The molecular weight excluding hydrogens is 400 g/mol. The summed E-state index contributed by atoms with van der Waals surface area (Å²) in [6.45, 7) is 16.9. The van der Waals surface area contributed by atoms with Crippen molar-refractivity contribution < 1.29 is 4.79 Å². The summed E-state index contributed by atoms with van der Waals surface area (Å²) in [5.74, 6) is -0.563. The molecule has 3 nitrogen and oxygen atoms in total. The Morgan fingerprint density at radius 3 is 2.31 bits per heavy atom. The minimum Gasteiger partial charge on any atom is -0.369 e. The molecule has 2 N–H and O–H groups in total. The fraction of sp³-hybridized carbons (Fsp3) is 0.542. The van der Waals surface area contributed by atoms with Gasteiger partial charge in [-0.25, -0.2) is 0 Å². The van der Waals surface area contributed by atoms with Gasteiger partial charge in [0.15, 0.2) is 0 Å². The van der Waals surface area contributed by atoms with Crippen molar-refractivity contribution in [3.05, 3.63) is 49.7 Å². The summed E-state index contributed by atoms with van der Waals surface area (Å²) in [7, 11) is 0. The predicted octanol–water partition coefficient (Wildman–Crippen LogP) is 6.32. The molecule has 0 spiro atoms. The summed E-state index contributed by atoms with van der Waals surface area (Å²) < 4.78 is 0.863. The van der Waals surface area contributed by atoms with E-state index in [9.17, 15) is 4.79 Å². The van der Waals surface area contributed by atoms with Crippen molar-refractivity contribution in [2.24, 2.45) is 11.1 Å². The first-order valence-electron chi connectivity index (χ1n) is 10.3. The average Bonchev–Trinajstić information content (AvgIpc) is 2.89. The number of rotatable bonds is 3. The summed E-state index contributed by atoms with van der Waals surface area (Å²) in [6, 6.07) is 6.56. The molecule has 0 bridgehead atoms. The molecule has 1 aromatic carbocycles. The van der Waals surface area contributed by atoms with E-state index in [2.05, 4.69) is 71.6 Å². The molecule has 2 heterocycles. The largest absolute Gasteiger partial charge is 0.369 e. The van der Waals surface area contributed by atoms with Crippen LogP contribution in [0, 0.1) is 19.3 Å². The molecule has 2 aromatic rings. The maximum Gasteiger partial charge on any atom is 0.225 e. The van der Waals surface area contributed by atoms with Crippen molar-refractivity contribution in [1.82, 2.24) is 0 Å². The summed E-state index contributed by atoms with van der Waals surface area (Å²) in [5, 5.41) is 0. The molecule has 0 aliphatic carbocycles. The van der Waals surface area contributed by atoms with Crippen LogP contribution >= 0.6 is 22.9 Å². The summed E-state index contributed by atoms with van der Waals surface area (Å²) >= 11 is 8.07. The Morgan fingerprint density at radius 1 is 1.21 bits per heavy atom. The molecule has 5 heteroatoms. The predicted molar refractivity (Wildman–Crippen MR) is 125 cm³/mol. The lowest BCUT2D eigenvalue weighted by molar-refractivity contribution is -0.121. The van der Waals surface area contributed by atoms with Gasteiger partial charge in [-0.1, -0.05) is 46.2 Å². The van der Waals surface area contributed by atoms with Crippen LogP contribution in [-0.4, -0.2) is 12.5 Å². The molecule has 1 aliphatic heterocycles. The SMILES string of the molecule is Cc1cc(N2CCC(C)(C)c3sc(Cl)cc3C2)cc(C)c1C(C(N)=O)C(C)(C)C. The number of fused-ring (bicyclic) bond motifs is 1. The quantitative estimate of drug-likeness (QED) is 0.616. The highest BCUT2D eigenvalue weighted by atomic mass is 35.5. The normalized spacial score (nSPS) is 17.6. The molecule has 1 atom stereocenters. The monoisotopic (exact) mass is 432 g/mol. The van der Waals surface area contributed by atoms with E-state index >= 15 is 0 Å². The maximum atomic E-state index is 12.3. The zero-order valence-electron chi connectivity index (χ0n) is 18.6. The highest BCUT2D eigenvalue weighted by Crippen LogP contribution is 2.43. The van der Waals surface area contributed by atoms with Crippen molar-refractivity contribution in [3.63, 3.8) is 0 Å². The molecule has 158 valence electrons. The second-order valence-corrected chi connectivity index (χ2v) is 11.8. The van der Waals surface area contributed by atoms with Crippen LogP contribution in [0.4, 0.5) is 5.69 Å². The van der Waals surface area contributed by atoms with E-state index in [0.717, 1.165) is 40.5 Å². The number of nitrogens with two attached hydrogens (primary N) is 1. The standard InChI is InChI=1S/C24H33ClN2OS/c1-14-10-17(11-15(2)19(14)20(22(26)28)23(3,4)5)27-9-8-24(6,7)21-16(13-27)12-18(25)29-21/h10-12,20H,8-9,13H2,1-7H3,(H2,26,28). The van der Waals surface area contributed by atoms with Crippen LogP contribution in [0.3, 0.4) is 0 Å². The van der Waals surface area contributed by atoms with Crippen LogP contribution in [0.1, 0.15) is 74.1 Å². The number of hydrogen-bond acceptors (Lipinski definition) is 3. The number of anilines is 1. The Bertz CT molecular complexity index is 916. The average molecular weight is 433 g/mol. The molecule has 1 amide bonds. The van der Waals surface area contributed by atoms with Crippen LogP contribution in [0.15, 0.2) is 18.2 Å². The van der Waals surface area contributed by atoms with Gasteiger partial charge >= 0.3 is 0 Å². The zero-order valence-corrected chi connectivity index (χ0v) is 20.2. The van der Waals surface area contributed by atoms with E-state index in [1.165, 1.54) is 16.1 Å². The van der Waals surface area contributed by atoms with Crippen molar-refractivity contribution in [2.45, 2.75) is 72.8 Å². The second-order valence-electron chi connectivity index (χ2n) is 10.2. The lowest BCUT2D eigenvalue weighted by atomic mass is 9.73. The molecule has 1 aliphatic rings. The van der Waals surface area contributed by atoms with Crippen LogP contribution in [0.25, 0.3) is 0 Å². The zero-order chi connectivity index (χ0) is 21.7. The van der Waals surface area contributed by atoms with Crippen molar-refractivity contribution in [1.29, 1.82) is 0 Å². The van der Waals surface area contributed by atoms with Gasteiger partial charge in [0.1, 0.15) is 0 Å². The lowest BCUT2D eigenvalue weighted by Crippen LogP contribution is -2.33. The van der Waals surface area contributed by atoms with Crippen LogP contribution < -0.4 is 10.6 Å². The molecule has 0 saturated heterocycles. The number of aryl methyl sites for hydroxylation is 2. The van der Waals surface area contributed by atoms with Gasteiger partial charge in [-0.05, 0) is 66.1 Å². The summed E-state index contributed by atoms with van der Waals surface area (Å²) in [4.78, 5) is 16.1. The van der Waals surface area contributed by atoms with E-state index in [1.807, 2.05) is 0 Å². The summed E-state index contributed by atoms with van der Waals surface area (Å²) in [5.41, 5.74) is 11.6. The van der Waals surface area contributed by atoms with Gasteiger partial charge in [0.25, 0.3) is 0 Å². The number of nitrogens with zero attached hydrogens (tertiary/aromatic N) is 1. The van der Waals surface area contributed by atoms with Crippen LogP contribution in [-0.2, 0) is 16.8 Å². The van der Waals surface area contributed by atoms with Gasteiger partial charge in [0, 0.05) is 29.1 Å². The van der Waals surface area contributed by atoms with Gasteiger partial charge < -0.3 is 10.6 Å². The molecular formula is C24H33ClN2OS. The van der Waals surface area contributed by atoms with Gasteiger partial charge in [0.05, 0.1) is 10.3 Å². The van der Waals surface area contributed by atoms with Crippen molar-refractivity contribution >= 4 is 34.5 Å². The van der Waals surface area contributed by atoms with Crippen LogP contribution in [0.2, 0.25) is 4.34 Å². The third kappa shape index (κ3) is 4.34. The fourth-order valence-corrected chi connectivity index (χ4v) is 6.10. The number of amides is 1. The minimum absolute atomic E-state index is 0.120.